The second-order valence-electron chi connectivity index (χ2n) is 5.88. The zero-order valence-corrected chi connectivity index (χ0v) is 14.0. The van der Waals surface area contributed by atoms with Crippen LogP contribution in [0.15, 0.2) is 36.7 Å². The highest BCUT2D eigenvalue weighted by molar-refractivity contribution is 6.30. The van der Waals surface area contributed by atoms with Gasteiger partial charge in [0.2, 0.25) is 5.91 Å². The van der Waals surface area contributed by atoms with Crippen LogP contribution in [0.4, 0.5) is 0 Å². The highest BCUT2D eigenvalue weighted by Crippen LogP contribution is 2.25. The predicted molar refractivity (Wildman–Crippen MR) is 90.3 cm³/mol. The van der Waals surface area contributed by atoms with E-state index in [2.05, 4.69) is 10.4 Å². The first-order chi connectivity index (χ1) is 11.1. The molecule has 0 radical (unpaired) electrons. The molecule has 1 aromatic heterocycles. The highest BCUT2D eigenvalue weighted by Gasteiger charge is 2.27. The van der Waals surface area contributed by atoms with Crippen LogP contribution in [-0.2, 0) is 18.3 Å². The van der Waals surface area contributed by atoms with Gasteiger partial charge in [-0.15, -0.1) is 0 Å². The lowest BCUT2D eigenvalue weighted by atomic mass is 10.0. The summed E-state index contributed by atoms with van der Waals surface area (Å²) in [6.45, 7) is 2.32. The minimum atomic E-state index is 0.0452. The molecule has 1 aromatic carbocycles. The zero-order valence-electron chi connectivity index (χ0n) is 13.2. The molecule has 23 heavy (non-hydrogen) atoms. The van der Waals surface area contributed by atoms with Gasteiger partial charge < -0.3 is 10.2 Å². The number of nitrogens with zero attached hydrogens (tertiary/aromatic N) is 3. The lowest BCUT2D eigenvalue weighted by Crippen LogP contribution is -2.48. The van der Waals surface area contributed by atoms with E-state index in [0.29, 0.717) is 11.4 Å². The Labute approximate surface area is 141 Å². The summed E-state index contributed by atoms with van der Waals surface area (Å²) in [7, 11) is 1.89. The van der Waals surface area contributed by atoms with Crippen LogP contribution in [0.3, 0.4) is 0 Å². The number of nitrogens with one attached hydrogen (secondary N) is 1. The van der Waals surface area contributed by atoms with Gasteiger partial charge >= 0.3 is 0 Å². The molecule has 5 nitrogen and oxygen atoms in total. The van der Waals surface area contributed by atoms with Crippen LogP contribution in [-0.4, -0.2) is 40.2 Å². The van der Waals surface area contributed by atoms with E-state index in [1.165, 1.54) is 0 Å². The predicted octanol–water partition coefficient (Wildman–Crippen LogP) is 2.18. The van der Waals surface area contributed by atoms with E-state index >= 15 is 0 Å². The number of amides is 1. The fourth-order valence-electron chi connectivity index (χ4n) is 3.01. The molecule has 3 rings (SSSR count). The summed E-state index contributed by atoms with van der Waals surface area (Å²) in [5, 5.41) is 8.22. The molecule has 1 amide bonds. The maximum absolute atomic E-state index is 12.7. The van der Waals surface area contributed by atoms with Crippen molar-refractivity contribution in [3.63, 3.8) is 0 Å². The number of halogens is 1. The average molecular weight is 333 g/mol. The van der Waals surface area contributed by atoms with Gasteiger partial charge in [0.25, 0.3) is 0 Å². The Morgan fingerprint density at radius 3 is 3.09 bits per heavy atom. The number of piperazine rings is 1. The molecule has 1 unspecified atom stereocenters. The molecule has 0 bridgehead atoms. The van der Waals surface area contributed by atoms with E-state index in [-0.39, 0.29) is 11.9 Å². The van der Waals surface area contributed by atoms with Crippen LogP contribution >= 0.6 is 11.6 Å². The molecule has 1 aliphatic heterocycles. The average Bonchev–Trinajstić information content (AvgIpc) is 2.98. The van der Waals surface area contributed by atoms with E-state index in [1.807, 2.05) is 48.6 Å². The fourth-order valence-corrected chi connectivity index (χ4v) is 3.21. The van der Waals surface area contributed by atoms with Gasteiger partial charge in [-0.3, -0.25) is 9.48 Å². The Hall–Kier alpha value is -1.85. The van der Waals surface area contributed by atoms with E-state index in [4.69, 9.17) is 11.6 Å². The Morgan fingerprint density at radius 2 is 2.35 bits per heavy atom. The SMILES string of the molecule is Cn1cc(CCC(=O)N2CCNCC2c2cccc(Cl)c2)cn1. The molecule has 6 heteroatoms. The standard InChI is InChI=1S/C17H21ClN4O/c1-21-12-13(10-20-21)5-6-17(23)22-8-7-19-11-16(22)14-3-2-4-15(18)9-14/h2-4,9-10,12,16,19H,5-8,11H2,1H3. The van der Waals surface area contributed by atoms with Crippen LogP contribution in [0.5, 0.6) is 0 Å². The molecular weight excluding hydrogens is 312 g/mol. The van der Waals surface area contributed by atoms with Crippen molar-refractivity contribution in [1.82, 2.24) is 20.0 Å². The fraction of sp³-hybridized carbons (Fsp3) is 0.412. The topological polar surface area (TPSA) is 50.2 Å². The van der Waals surface area contributed by atoms with Gasteiger partial charge in [0.05, 0.1) is 12.2 Å². The number of hydrogen-bond acceptors (Lipinski definition) is 3. The van der Waals surface area contributed by atoms with Gasteiger partial charge in [-0.2, -0.15) is 5.10 Å². The molecule has 2 heterocycles. The quantitative estimate of drug-likeness (QED) is 0.933. The summed E-state index contributed by atoms with van der Waals surface area (Å²) in [6.07, 6.45) is 5.00. The van der Waals surface area contributed by atoms with Crippen molar-refractivity contribution in [1.29, 1.82) is 0 Å². The Morgan fingerprint density at radius 1 is 1.48 bits per heavy atom. The Bertz CT molecular complexity index is 685. The maximum Gasteiger partial charge on any atom is 0.223 e. The van der Waals surface area contributed by atoms with Crippen molar-refractivity contribution < 1.29 is 4.79 Å². The third-order valence-corrected chi connectivity index (χ3v) is 4.42. The highest BCUT2D eigenvalue weighted by atomic mass is 35.5. The molecule has 1 fully saturated rings. The lowest BCUT2D eigenvalue weighted by Gasteiger charge is -2.36. The molecule has 1 saturated heterocycles. The van der Waals surface area contributed by atoms with Crippen molar-refractivity contribution in [2.45, 2.75) is 18.9 Å². The van der Waals surface area contributed by atoms with Crippen molar-refractivity contribution in [2.75, 3.05) is 19.6 Å². The lowest BCUT2D eigenvalue weighted by molar-refractivity contribution is -0.134. The Kier molecular flexibility index (Phi) is 4.98. The number of aromatic nitrogens is 2. The second-order valence-corrected chi connectivity index (χ2v) is 6.32. The molecule has 0 saturated carbocycles. The molecule has 0 aliphatic carbocycles. The van der Waals surface area contributed by atoms with Crippen molar-refractivity contribution in [3.05, 3.63) is 52.8 Å². The van der Waals surface area contributed by atoms with Crippen LogP contribution < -0.4 is 5.32 Å². The van der Waals surface area contributed by atoms with Gasteiger partial charge in [0.1, 0.15) is 0 Å². The first-order valence-corrected chi connectivity index (χ1v) is 8.24. The molecule has 1 atom stereocenters. The van der Waals surface area contributed by atoms with E-state index in [1.54, 1.807) is 4.68 Å². The third kappa shape index (κ3) is 3.92. The van der Waals surface area contributed by atoms with Crippen LogP contribution in [0.25, 0.3) is 0 Å². The number of hydrogen-bond donors (Lipinski definition) is 1. The molecule has 1 aliphatic rings. The number of aryl methyl sites for hydroxylation is 2. The summed E-state index contributed by atoms with van der Waals surface area (Å²) in [6, 6.07) is 7.82. The molecule has 2 aromatic rings. The molecule has 122 valence electrons. The minimum absolute atomic E-state index is 0.0452. The number of benzene rings is 1. The smallest absolute Gasteiger partial charge is 0.223 e. The molecule has 1 N–H and O–H groups in total. The van der Waals surface area contributed by atoms with Crippen molar-refractivity contribution >= 4 is 17.5 Å². The normalized spacial score (nSPS) is 18.2. The number of rotatable bonds is 4. The summed E-state index contributed by atoms with van der Waals surface area (Å²) in [5.41, 5.74) is 2.18. The largest absolute Gasteiger partial charge is 0.333 e. The van der Waals surface area contributed by atoms with Crippen LogP contribution in [0, 0.1) is 0 Å². The van der Waals surface area contributed by atoms with Gasteiger partial charge in [-0.05, 0) is 29.7 Å². The third-order valence-electron chi connectivity index (χ3n) is 4.18. The van der Waals surface area contributed by atoms with Crippen molar-refractivity contribution in [3.8, 4) is 0 Å². The Balaban J connectivity index is 1.69. The summed E-state index contributed by atoms with van der Waals surface area (Å²) < 4.78 is 1.76. The summed E-state index contributed by atoms with van der Waals surface area (Å²) in [5.74, 6) is 0.181. The van der Waals surface area contributed by atoms with Crippen molar-refractivity contribution in [2.24, 2.45) is 7.05 Å². The van der Waals surface area contributed by atoms with Gasteiger partial charge in [-0.25, -0.2) is 0 Å². The first kappa shape index (κ1) is 16.0. The maximum atomic E-state index is 12.7. The molecule has 0 spiro atoms. The summed E-state index contributed by atoms with van der Waals surface area (Å²) in [4.78, 5) is 14.7. The van der Waals surface area contributed by atoms with E-state index < -0.39 is 0 Å². The second kappa shape index (κ2) is 7.15. The molecular formula is C17H21ClN4O. The summed E-state index contributed by atoms with van der Waals surface area (Å²) >= 11 is 6.10. The zero-order chi connectivity index (χ0) is 16.2. The van der Waals surface area contributed by atoms with E-state index in [9.17, 15) is 4.79 Å². The van der Waals surface area contributed by atoms with Gasteiger partial charge in [0.15, 0.2) is 0 Å². The number of carbonyl (C=O) groups is 1. The monoisotopic (exact) mass is 332 g/mol. The van der Waals surface area contributed by atoms with Gasteiger partial charge in [0, 0.05) is 44.3 Å². The van der Waals surface area contributed by atoms with E-state index in [0.717, 1.165) is 37.2 Å². The number of carbonyl (C=O) groups excluding carboxylic acids is 1. The van der Waals surface area contributed by atoms with Crippen LogP contribution in [0.1, 0.15) is 23.6 Å². The first-order valence-electron chi connectivity index (χ1n) is 7.86. The van der Waals surface area contributed by atoms with Gasteiger partial charge in [-0.1, -0.05) is 23.7 Å². The minimum Gasteiger partial charge on any atom is -0.333 e. The van der Waals surface area contributed by atoms with Crippen LogP contribution in [0.2, 0.25) is 5.02 Å².